The van der Waals surface area contributed by atoms with E-state index in [1.54, 1.807) is 0 Å². The van der Waals surface area contributed by atoms with Crippen LogP contribution in [0.5, 0.6) is 0 Å². The van der Waals surface area contributed by atoms with Gasteiger partial charge in [-0.3, -0.25) is 5.41 Å². The van der Waals surface area contributed by atoms with Crippen LogP contribution < -0.4 is 0 Å². The molecule has 0 rings (SSSR count). The summed E-state index contributed by atoms with van der Waals surface area (Å²) in [5, 5.41) is 6.31. The molecule has 1 N–H and O–H groups in total. The standard InChI is InChI=1S/C2H4N2S/c1-4-5-2-3/h2-3H,1H2. The highest BCUT2D eigenvalue weighted by Gasteiger charge is 1.55. The van der Waals surface area contributed by atoms with Gasteiger partial charge in [-0.2, -0.15) is 0 Å². The molecule has 28 valence electrons. The summed E-state index contributed by atoms with van der Waals surface area (Å²) in [6.07, 6.45) is 0. The van der Waals surface area contributed by atoms with Gasteiger partial charge in [-0.25, -0.2) is 4.40 Å². The van der Waals surface area contributed by atoms with Crippen LogP contribution in [0.1, 0.15) is 0 Å². The minimum Gasteiger partial charge on any atom is -0.300 e. The molecule has 0 bridgehead atoms. The molecule has 3 heteroatoms. The Morgan fingerprint density at radius 3 is 2.60 bits per heavy atom. The monoisotopic (exact) mass is 88.0 g/mol. The van der Waals surface area contributed by atoms with Gasteiger partial charge in [0.15, 0.2) is 0 Å². The molecular weight excluding hydrogens is 84.1 g/mol. The molecule has 0 saturated heterocycles. The van der Waals surface area contributed by atoms with Crippen molar-refractivity contribution < 1.29 is 0 Å². The van der Waals surface area contributed by atoms with Crippen molar-refractivity contribution >= 4 is 24.2 Å². The highest BCUT2D eigenvalue weighted by atomic mass is 32.2. The summed E-state index contributed by atoms with van der Waals surface area (Å²) < 4.78 is 3.28. The normalized spacial score (nSPS) is 6.40. The van der Waals surface area contributed by atoms with Gasteiger partial charge in [0.1, 0.15) is 0 Å². The first-order valence-corrected chi connectivity index (χ1v) is 1.86. The average Bonchev–Trinajstić information content (AvgIpc) is 1.41. The molecule has 0 spiro atoms. The Labute approximate surface area is 34.9 Å². The van der Waals surface area contributed by atoms with E-state index in [4.69, 9.17) is 5.41 Å². The van der Waals surface area contributed by atoms with Crippen molar-refractivity contribution in [1.82, 2.24) is 0 Å². The molecule has 0 heterocycles. The zero-order chi connectivity index (χ0) is 4.12. The Morgan fingerprint density at radius 2 is 2.60 bits per heavy atom. The van der Waals surface area contributed by atoms with Crippen molar-refractivity contribution in [2.45, 2.75) is 0 Å². The van der Waals surface area contributed by atoms with Gasteiger partial charge in [0.05, 0.1) is 5.55 Å². The van der Waals surface area contributed by atoms with Crippen molar-refractivity contribution in [3.05, 3.63) is 0 Å². The largest absolute Gasteiger partial charge is 0.300 e. The van der Waals surface area contributed by atoms with E-state index in [9.17, 15) is 0 Å². The van der Waals surface area contributed by atoms with E-state index in [0.29, 0.717) is 0 Å². The van der Waals surface area contributed by atoms with Crippen LogP contribution >= 0.6 is 11.9 Å². The average molecular weight is 88.1 g/mol. The number of hydrogen-bond donors (Lipinski definition) is 1. The first-order valence-electron chi connectivity index (χ1n) is 1.02. The summed E-state index contributed by atoms with van der Waals surface area (Å²) in [5.74, 6) is 0. The first kappa shape index (κ1) is 4.69. The molecule has 2 nitrogen and oxygen atoms in total. The molecule has 0 radical (unpaired) electrons. The van der Waals surface area contributed by atoms with Gasteiger partial charge in [0, 0.05) is 11.9 Å². The molecule has 0 aromatic carbocycles. The van der Waals surface area contributed by atoms with Gasteiger partial charge < -0.3 is 0 Å². The van der Waals surface area contributed by atoms with Gasteiger partial charge >= 0.3 is 0 Å². The van der Waals surface area contributed by atoms with E-state index in [2.05, 4.69) is 11.1 Å². The lowest BCUT2D eigenvalue weighted by molar-refractivity contribution is 1.60. The van der Waals surface area contributed by atoms with E-state index in [-0.39, 0.29) is 0 Å². The van der Waals surface area contributed by atoms with Crippen molar-refractivity contribution in [3.8, 4) is 0 Å². The molecule has 0 aliphatic carbocycles. The van der Waals surface area contributed by atoms with Crippen LogP contribution in [0.3, 0.4) is 0 Å². The van der Waals surface area contributed by atoms with E-state index in [1.807, 2.05) is 0 Å². The van der Waals surface area contributed by atoms with Crippen LogP contribution in [0.15, 0.2) is 4.40 Å². The van der Waals surface area contributed by atoms with Gasteiger partial charge in [-0.15, -0.1) is 0 Å². The van der Waals surface area contributed by atoms with Crippen molar-refractivity contribution in [3.63, 3.8) is 0 Å². The summed E-state index contributed by atoms with van der Waals surface area (Å²) in [4.78, 5) is 0. The Balaban J connectivity index is 2.65. The van der Waals surface area contributed by atoms with Crippen LogP contribution in [0.4, 0.5) is 0 Å². The summed E-state index contributed by atoms with van der Waals surface area (Å²) in [5.41, 5.74) is 1.12. The minimum absolute atomic E-state index is 1.02. The third kappa shape index (κ3) is 3.69. The van der Waals surface area contributed by atoms with Gasteiger partial charge in [-0.05, 0) is 6.72 Å². The SMILES string of the molecule is C=NSC=N. The topological polar surface area (TPSA) is 36.2 Å². The number of nitrogens with one attached hydrogen (secondary N) is 1. The maximum Gasteiger partial charge on any atom is 0.0736 e. The fourth-order valence-electron chi connectivity index (χ4n) is 0.0373. The molecular formula is C2H4N2S. The molecule has 0 aromatic rings. The molecule has 0 fully saturated rings. The maximum atomic E-state index is 6.31. The van der Waals surface area contributed by atoms with Crippen molar-refractivity contribution in [2.24, 2.45) is 4.40 Å². The molecule has 0 amide bonds. The Bertz CT molecular complexity index is 36.9. The van der Waals surface area contributed by atoms with E-state index < -0.39 is 0 Å². The van der Waals surface area contributed by atoms with Crippen LogP contribution in [0, 0.1) is 5.41 Å². The highest BCUT2D eigenvalue weighted by Crippen LogP contribution is 1.87. The van der Waals surface area contributed by atoms with Gasteiger partial charge in [-0.1, -0.05) is 0 Å². The van der Waals surface area contributed by atoms with E-state index in [0.717, 1.165) is 17.5 Å². The highest BCUT2D eigenvalue weighted by molar-refractivity contribution is 8.10. The van der Waals surface area contributed by atoms with Crippen molar-refractivity contribution in [2.75, 3.05) is 0 Å². The molecule has 0 aliphatic heterocycles. The second-order valence-electron chi connectivity index (χ2n) is 0.352. The molecule has 0 atom stereocenters. The fourth-order valence-corrected chi connectivity index (χ4v) is 0.112. The lowest BCUT2D eigenvalue weighted by atomic mass is 11.7. The lowest BCUT2D eigenvalue weighted by Crippen LogP contribution is -1.43. The summed E-state index contributed by atoms with van der Waals surface area (Å²) in [6.45, 7) is 3.11. The molecule has 0 unspecified atom stereocenters. The molecule has 0 aromatic heterocycles. The lowest BCUT2D eigenvalue weighted by Gasteiger charge is -1.63. The Kier molecular flexibility index (Phi) is 3.46. The third-order valence-electron chi connectivity index (χ3n) is 0.127. The molecule has 0 aliphatic rings. The third-order valence-corrected chi connectivity index (χ3v) is 0.382. The summed E-state index contributed by atoms with van der Waals surface area (Å²) >= 11 is 1.02. The van der Waals surface area contributed by atoms with Crippen LogP contribution in [-0.2, 0) is 0 Å². The smallest absolute Gasteiger partial charge is 0.0736 e. The van der Waals surface area contributed by atoms with Gasteiger partial charge in [0.25, 0.3) is 0 Å². The Morgan fingerprint density at radius 1 is 2.00 bits per heavy atom. The summed E-state index contributed by atoms with van der Waals surface area (Å²) in [6, 6.07) is 0. The van der Waals surface area contributed by atoms with Crippen LogP contribution in [0.2, 0.25) is 0 Å². The van der Waals surface area contributed by atoms with Gasteiger partial charge in [0.2, 0.25) is 0 Å². The predicted octanol–water partition coefficient (Wildman–Crippen LogP) is 0.942. The second-order valence-corrected chi connectivity index (χ2v) is 1.06. The second kappa shape index (κ2) is 3.69. The van der Waals surface area contributed by atoms with Crippen molar-refractivity contribution in [1.29, 1.82) is 5.41 Å². The predicted molar refractivity (Wildman–Crippen MR) is 25.9 cm³/mol. The first-order chi connectivity index (χ1) is 2.41. The number of hydrogen-bond acceptors (Lipinski definition) is 3. The quantitative estimate of drug-likeness (QED) is 0.304. The number of rotatable bonds is 2. The molecule has 5 heavy (non-hydrogen) atoms. The van der Waals surface area contributed by atoms with E-state index in [1.165, 1.54) is 0 Å². The van der Waals surface area contributed by atoms with E-state index >= 15 is 0 Å². The maximum absolute atomic E-state index is 6.31. The minimum atomic E-state index is 1.02. The van der Waals surface area contributed by atoms with Crippen LogP contribution in [0.25, 0.3) is 0 Å². The zero-order valence-corrected chi connectivity index (χ0v) is 3.46. The summed E-state index contributed by atoms with van der Waals surface area (Å²) in [7, 11) is 0. The fraction of sp³-hybridized carbons (Fsp3) is 0. The zero-order valence-electron chi connectivity index (χ0n) is 2.64. The molecule has 0 saturated carbocycles. The van der Waals surface area contributed by atoms with Crippen LogP contribution in [-0.4, -0.2) is 12.3 Å². The Hall–Kier alpha value is -0.310. The number of nitrogens with zero attached hydrogens (tertiary/aromatic N) is 1.